The fraction of sp³-hybridized carbons (Fsp3) is 0.500. The van der Waals surface area contributed by atoms with Gasteiger partial charge < -0.3 is 10.5 Å². The van der Waals surface area contributed by atoms with Gasteiger partial charge in [0, 0.05) is 11.5 Å². The summed E-state index contributed by atoms with van der Waals surface area (Å²) < 4.78 is 46.3. The quantitative estimate of drug-likeness (QED) is 0.909. The molecule has 2 aliphatic rings. The Morgan fingerprint density at radius 3 is 2.74 bits per heavy atom. The summed E-state index contributed by atoms with van der Waals surface area (Å²) >= 11 is 0. The Hall–Kier alpha value is -2.07. The lowest BCUT2D eigenvalue weighted by Gasteiger charge is -2.41. The van der Waals surface area contributed by atoms with E-state index in [0.717, 1.165) is 0 Å². The number of nitrogens with zero attached hydrogens (tertiary/aromatic N) is 2. The summed E-state index contributed by atoms with van der Waals surface area (Å²) in [5.74, 6) is -1.34. The molecule has 2 N–H and O–H groups in total. The smallest absolute Gasteiger partial charge is 0.264 e. The van der Waals surface area contributed by atoms with Crippen LogP contribution in [0.5, 0.6) is 0 Å². The fourth-order valence-corrected chi connectivity index (χ4v) is 3.50. The van der Waals surface area contributed by atoms with Crippen LogP contribution in [0.3, 0.4) is 0 Å². The fourth-order valence-electron chi connectivity index (χ4n) is 3.50. The third kappa shape index (κ3) is 2.20. The van der Waals surface area contributed by atoms with Crippen molar-refractivity contribution < 1.29 is 17.9 Å². The molecule has 0 aliphatic carbocycles. The SMILES string of the molecule is CC1(C#N)C[C@@H]2[C@@H](C(F)F)OCC2(c2ccccc2F)N=C1N. The topological polar surface area (TPSA) is 71.4 Å². The second-order valence-electron chi connectivity index (χ2n) is 6.27. The zero-order valence-electron chi connectivity index (χ0n) is 12.5. The number of hydrogen-bond donors (Lipinski definition) is 1. The van der Waals surface area contributed by atoms with Gasteiger partial charge in [-0.2, -0.15) is 5.26 Å². The molecule has 2 unspecified atom stereocenters. The van der Waals surface area contributed by atoms with E-state index in [1.165, 1.54) is 18.2 Å². The van der Waals surface area contributed by atoms with Crippen LogP contribution in [0, 0.1) is 28.5 Å². The highest BCUT2D eigenvalue weighted by Gasteiger charge is 2.60. The molecule has 7 heteroatoms. The number of fused-ring (bicyclic) bond motifs is 1. The number of benzene rings is 1. The van der Waals surface area contributed by atoms with E-state index in [0.29, 0.717) is 0 Å². The Morgan fingerprint density at radius 1 is 1.43 bits per heavy atom. The van der Waals surface area contributed by atoms with Crippen LogP contribution in [0.1, 0.15) is 18.9 Å². The van der Waals surface area contributed by atoms with E-state index in [9.17, 15) is 18.4 Å². The number of ether oxygens (including phenoxy) is 1. The van der Waals surface area contributed by atoms with Gasteiger partial charge in [0.1, 0.15) is 28.7 Å². The molecule has 1 aromatic rings. The predicted molar refractivity (Wildman–Crippen MR) is 77.3 cm³/mol. The van der Waals surface area contributed by atoms with Crippen LogP contribution in [0.4, 0.5) is 13.2 Å². The summed E-state index contributed by atoms with van der Waals surface area (Å²) in [6.45, 7) is 1.37. The molecule has 0 spiro atoms. The molecule has 4 atom stereocenters. The van der Waals surface area contributed by atoms with Crippen LogP contribution in [-0.4, -0.2) is 25.0 Å². The number of halogens is 3. The van der Waals surface area contributed by atoms with E-state index < -0.39 is 35.2 Å². The maximum Gasteiger partial charge on any atom is 0.264 e. The van der Waals surface area contributed by atoms with Crippen LogP contribution in [0.15, 0.2) is 29.3 Å². The number of nitriles is 1. The van der Waals surface area contributed by atoms with Gasteiger partial charge in [0.05, 0.1) is 12.7 Å². The molecule has 3 rings (SSSR count). The zero-order chi connectivity index (χ0) is 16.8. The first kappa shape index (κ1) is 15.8. The third-order valence-corrected chi connectivity index (χ3v) is 4.85. The Labute approximate surface area is 131 Å². The molecule has 0 amide bonds. The van der Waals surface area contributed by atoms with E-state index in [2.05, 4.69) is 4.99 Å². The average Bonchev–Trinajstić information content (AvgIpc) is 2.87. The maximum absolute atomic E-state index is 14.3. The highest BCUT2D eigenvalue weighted by Crippen LogP contribution is 2.52. The third-order valence-electron chi connectivity index (χ3n) is 4.85. The number of amidine groups is 1. The Balaban J connectivity index is 2.20. The van der Waals surface area contributed by atoms with Crippen molar-refractivity contribution in [1.29, 1.82) is 5.26 Å². The molecule has 1 aromatic carbocycles. The molecule has 0 saturated carbocycles. The van der Waals surface area contributed by atoms with Crippen molar-refractivity contribution >= 4 is 5.84 Å². The van der Waals surface area contributed by atoms with Crippen LogP contribution >= 0.6 is 0 Å². The summed E-state index contributed by atoms with van der Waals surface area (Å²) in [7, 11) is 0. The van der Waals surface area contributed by atoms with E-state index in [1.807, 2.05) is 6.07 Å². The van der Waals surface area contributed by atoms with Gasteiger partial charge in [-0.1, -0.05) is 18.2 Å². The molecule has 1 saturated heterocycles. The molecule has 2 aliphatic heterocycles. The number of rotatable bonds is 2. The summed E-state index contributed by atoms with van der Waals surface area (Å²) in [4.78, 5) is 4.34. The normalized spacial score (nSPS) is 36.4. The van der Waals surface area contributed by atoms with Gasteiger partial charge in [0.2, 0.25) is 0 Å². The van der Waals surface area contributed by atoms with Crippen LogP contribution in [0.25, 0.3) is 0 Å². The number of hydrogen-bond acceptors (Lipinski definition) is 4. The maximum atomic E-state index is 14.3. The minimum atomic E-state index is -2.74. The van der Waals surface area contributed by atoms with Crippen molar-refractivity contribution in [1.82, 2.24) is 0 Å². The van der Waals surface area contributed by atoms with Gasteiger partial charge in [0.25, 0.3) is 6.43 Å². The van der Waals surface area contributed by atoms with Crippen molar-refractivity contribution in [2.45, 2.75) is 31.4 Å². The van der Waals surface area contributed by atoms with Crippen molar-refractivity contribution in [3.05, 3.63) is 35.6 Å². The number of aliphatic imine (C=N–C) groups is 1. The van der Waals surface area contributed by atoms with Crippen LogP contribution in [-0.2, 0) is 10.3 Å². The van der Waals surface area contributed by atoms with E-state index in [1.54, 1.807) is 13.0 Å². The minimum absolute atomic E-state index is 0.0259. The molecular formula is C16H16F3N3O. The summed E-state index contributed by atoms with van der Waals surface area (Å²) in [5.41, 5.74) is 3.63. The monoisotopic (exact) mass is 323 g/mol. The molecule has 122 valence electrons. The molecular weight excluding hydrogens is 307 g/mol. The summed E-state index contributed by atoms with van der Waals surface area (Å²) in [6, 6.07) is 7.92. The number of nitrogens with two attached hydrogens (primary N) is 1. The van der Waals surface area contributed by atoms with Crippen molar-refractivity contribution in [3.8, 4) is 6.07 Å². The standard InChI is InChI=1S/C16H16F3N3O/c1-15(7-20)6-10-12(13(18)19)23-8-16(10,22-14(15)21)9-4-2-3-5-11(9)17/h2-5,10,12-13H,6,8H2,1H3,(H2,21,22)/t10-,12+,15?,16?/m1/s1. The Bertz CT molecular complexity index is 702. The zero-order valence-corrected chi connectivity index (χ0v) is 12.5. The average molecular weight is 323 g/mol. The lowest BCUT2D eigenvalue weighted by molar-refractivity contribution is -0.0430. The Morgan fingerprint density at radius 2 is 2.13 bits per heavy atom. The van der Waals surface area contributed by atoms with Gasteiger partial charge in [-0.25, -0.2) is 13.2 Å². The highest BCUT2D eigenvalue weighted by atomic mass is 19.3. The lowest BCUT2D eigenvalue weighted by Crippen LogP contribution is -2.50. The van der Waals surface area contributed by atoms with Gasteiger partial charge in [-0.05, 0) is 19.4 Å². The predicted octanol–water partition coefficient (Wildman–Crippen LogP) is 2.59. The van der Waals surface area contributed by atoms with Gasteiger partial charge in [-0.15, -0.1) is 0 Å². The van der Waals surface area contributed by atoms with Gasteiger partial charge in [0.15, 0.2) is 0 Å². The van der Waals surface area contributed by atoms with Crippen molar-refractivity contribution in [2.75, 3.05) is 6.61 Å². The molecule has 2 heterocycles. The molecule has 0 bridgehead atoms. The summed E-state index contributed by atoms with van der Waals surface area (Å²) in [5, 5.41) is 9.36. The summed E-state index contributed by atoms with van der Waals surface area (Å²) in [6.07, 6.45) is -4.10. The second-order valence-corrected chi connectivity index (χ2v) is 6.27. The van der Waals surface area contributed by atoms with Crippen LogP contribution < -0.4 is 5.73 Å². The van der Waals surface area contributed by atoms with E-state index >= 15 is 0 Å². The Kier molecular flexibility index (Phi) is 3.60. The first-order valence-corrected chi connectivity index (χ1v) is 7.26. The minimum Gasteiger partial charge on any atom is -0.386 e. The molecule has 0 radical (unpaired) electrons. The highest BCUT2D eigenvalue weighted by molar-refractivity contribution is 5.90. The first-order chi connectivity index (χ1) is 10.8. The van der Waals surface area contributed by atoms with E-state index in [-0.39, 0.29) is 24.4 Å². The molecule has 23 heavy (non-hydrogen) atoms. The second kappa shape index (κ2) is 5.24. The lowest BCUT2D eigenvalue weighted by atomic mass is 9.66. The van der Waals surface area contributed by atoms with Gasteiger partial charge in [-0.3, -0.25) is 4.99 Å². The van der Waals surface area contributed by atoms with Crippen molar-refractivity contribution in [2.24, 2.45) is 22.1 Å². The molecule has 4 nitrogen and oxygen atoms in total. The number of alkyl halides is 2. The molecule has 1 fully saturated rings. The molecule has 0 aromatic heterocycles. The van der Waals surface area contributed by atoms with Crippen LogP contribution in [0.2, 0.25) is 0 Å². The largest absolute Gasteiger partial charge is 0.386 e. The van der Waals surface area contributed by atoms with E-state index in [4.69, 9.17) is 10.5 Å². The van der Waals surface area contributed by atoms with Crippen molar-refractivity contribution in [3.63, 3.8) is 0 Å². The first-order valence-electron chi connectivity index (χ1n) is 7.26. The van der Waals surface area contributed by atoms with Gasteiger partial charge >= 0.3 is 0 Å².